The number of aromatic nitrogens is 4. The summed E-state index contributed by atoms with van der Waals surface area (Å²) in [6.07, 6.45) is -0.383. The van der Waals surface area contributed by atoms with Gasteiger partial charge in [-0.15, -0.1) is 15.0 Å². The second-order valence-electron chi connectivity index (χ2n) is 7.25. The lowest BCUT2D eigenvalue weighted by atomic mass is 10.0. The van der Waals surface area contributed by atoms with Crippen LogP contribution >= 0.6 is 0 Å². The van der Waals surface area contributed by atoms with Gasteiger partial charge in [0, 0.05) is 5.56 Å². The maximum Gasteiger partial charge on any atom is 0.341 e. The van der Waals surface area contributed by atoms with Crippen LogP contribution in [0.1, 0.15) is 40.2 Å². The quantitative estimate of drug-likeness (QED) is 0.506. The molecule has 2 aromatic rings. The minimum Gasteiger partial charge on any atom is -0.466 e. The van der Waals surface area contributed by atoms with E-state index in [0.717, 1.165) is 4.80 Å². The van der Waals surface area contributed by atoms with Crippen LogP contribution in [-0.2, 0) is 23.9 Å². The number of nitrogens with zero attached hydrogens (tertiary/aromatic N) is 4. The van der Waals surface area contributed by atoms with E-state index >= 15 is 0 Å². The van der Waals surface area contributed by atoms with Crippen molar-refractivity contribution in [3.05, 3.63) is 30.3 Å². The summed E-state index contributed by atoms with van der Waals surface area (Å²) in [7, 11) is 0. The second kappa shape index (κ2) is 9.37. The number of hydrogen-bond donors (Lipinski definition) is 1. The van der Waals surface area contributed by atoms with E-state index in [-0.39, 0.29) is 18.9 Å². The predicted octanol–water partition coefficient (Wildman–Crippen LogP) is 1.07. The Labute approximate surface area is 168 Å². The van der Waals surface area contributed by atoms with Gasteiger partial charge in [0.05, 0.1) is 19.1 Å². The third-order valence-electron chi connectivity index (χ3n) is 3.65. The first-order valence-electron chi connectivity index (χ1n) is 9.15. The molecule has 156 valence electrons. The van der Waals surface area contributed by atoms with Gasteiger partial charge in [0.1, 0.15) is 5.60 Å². The van der Waals surface area contributed by atoms with E-state index in [1.54, 1.807) is 52.0 Å². The van der Waals surface area contributed by atoms with Crippen molar-refractivity contribution in [1.29, 1.82) is 0 Å². The number of hydrogen-bond acceptors (Lipinski definition) is 9. The Morgan fingerprint density at radius 3 is 2.41 bits per heavy atom. The number of nitrogens with two attached hydrogens (primary N) is 1. The number of esters is 2. The number of benzene rings is 1. The van der Waals surface area contributed by atoms with Gasteiger partial charge in [-0.2, -0.15) is 0 Å². The number of carbonyl (C=O) groups is 3. The topological polar surface area (TPSA) is 139 Å². The largest absolute Gasteiger partial charge is 0.466 e. The summed E-state index contributed by atoms with van der Waals surface area (Å²) in [6.45, 7) is 6.78. The first-order valence-corrected chi connectivity index (χ1v) is 9.15. The third kappa shape index (κ3) is 6.18. The van der Waals surface area contributed by atoms with Gasteiger partial charge in [0.25, 0.3) is 0 Å². The molecule has 2 unspecified atom stereocenters. The molecule has 10 heteroatoms. The molecule has 10 nitrogen and oxygen atoms in total. The molecule has 0 fully saturated rings. The van der Waals surface area contributed by atoms with Crippen LogP contribution in [0.25, 0.3) is 11.4 Å². The number of carbonyl (C=O) groups excluding carboxylic acids is 3. The zero-order valence-corrected chi connectivity index (χ0v) is 16.9. The van der Waals surface area contributed by atoms with E-state index in [4.69, 9.17) is 15.2 Å². The van der Waals surface area contributed by atoms with Crippen molar-refractivity contribution in [2.24, 2.45) is 5.73 Å². The van der Waals surface area contributed by atoms with Crippen molar-refractivity contribution in [3.63, 3.8) is 0 Å². The molecular weight excluding hydrogens is 378 g/mol. The molecule has 29 heavy (non-hydrogen) atoms. The summed E-state index contributed by atoms with van der Waals surface area (Å²) >= 11 is 0. The highest BCUT2D eigenvalue weighted by Gasteiger charge is 2.38. The molecule has 0 radical (unpaired) electrons. The second-order valence-corrected chi connectivity index (χ2v) is 7.25. The van der Waals surface area contributed by atoms with Gasteiger partial charge in [-0.3, -0.25) is 9.59 Å². The Balaban J connectivity index is 2.33. The minimum absolute atomic E-state index is 0.153. The van der Waals surface area contributed by atoms with E-state index in [9.17, 15) is 14.4 Å². The van der Waals surface area contributed by atoms with Crippen molar-refractivity contribution in [1.82, 2.24) is 20.2 Å². The summed E-state index contributed by atoms with van der Waals surface area (Å²) in [5.41, 5.74) is 5.66. The van der Waals surface area contributed by atoms with Crippen LogP contribution in [0.3, 0.4) is 0 Å². The Hall–Kier alpha value is -3.14. The zero-order chi connectivity index (χ0) is 21.6. The van der Waals surface area contributed by atoms with E-state index in [1.807, 2.05) is 6.07 Å². The highest BCUT2D eigenvalue weighted by Crippen LogP contribution is 2.19. The molecule has 0 aliphatic heterocycles. The number of ketones is 1. The van der Waals surface area contributed by atoms with Gasteiger partial charge in [0.15, 0.2) is 5.78 Å². The Kier molecular flexibility index (Phi) is 7.16. The summed E-state index contributed by atoms with van der Waals surface area (Å²) < 4.78 is 10.1. The maximum absolute atomic E-state index is 12.9. The monoisotopic (exact) mass is 403 g/mol. The molecule has 0 aliphatic carbocycles. The third-order valence-corrected chi connectivity index (χ3v) is 3.65. The van der Waals surface area contributed by atoms with Gasteiger partial charge in [0.2, 0.25) is 11.9 Å². The van der Waals surface area contributed by atoms with E-state index in [0.29, 0.717) is 5.56 Å². The SMILES string of the molecule is CCOC(=O)CC(N)C(=O)C(C(=O)OC(C)(C)C)n1nnc(-c2ccccc2)n1. The zero-order valence-electron chi connectivity index (χ0n) is 16.9. The van der Waals surface area contributed by atoms with Gasteiger partial charge in [-0.25, -0.2) is 4.79 Å². The van der Waals surface area contributed by atoms with Crippen LogP contribution in [0, 0.1) is 0 Å². The van der Waals surface area contributed by atoms with Gasteiger partial charge in [-0.1, -0.05) is 30.3 Å². The fraction of sp³-hybridized carbons (Fsp3) is 0.474. The molecule has 0 saturated carbocycles. The van der Waals surface area contributed by atoms with Crippen molar-refractivity contribution in [2.75, 3.05) is 6.61 Å². The van der Waals surface area contributed by atoms with Crippen LogP contribution in [-0.4, -0.2) is 56.2 Å². The van der Waals surface area contributed by atoms with E-state index in [2.05, 4.69) is 15.4 Å². The van der Waals surface area contributed by atoms with Crippen LogP contribution in [0.4, 0.5) is 0 Å². The van der Waals surface area contributed by atoms with Crippen LogP contribution in [0.2, 0.25) is 0 Å². The highest BCUT2D eigenvalue weighted by atomic mass is 16.6. The summed E-state index contributed by atoms with van der Waals surface area (Å²) in [6, 6.07) is 6.07. The molecule has 2 rings (SSSR count). The molecule has 1 heterocycles. The molecule has 1 aromatic carbocycles. The lowest BCUT2D eigenvalue weighted by Gasteiger charge is -2.23. The van der Waals surface area contributed by atoms with Gasteiger partial charge >= 0.3 is 11.9 Å². The van der Waals surface area contributed by atoms with Crippen LogP contribution in [0.15, 0.2) is 30.3 Å². The number of tetrazole rings is 1. The fourth-order valence-corrected chi connectivity index (χ4v) is 2.42. The lowest BCUT2D eigenvalue weighted by molar-refractivity contribution is -0.162. The van der Waals surface area contributed by atoms with Crippen molar-refractivity contribution < 1.29 is 23.9 Å². The van der Waals surface area contributed by atoms with E-state index < -0.39 is 35.4 Å². The number of ether oxygens (including phenoxy) is 2. The Morgan fingerprint density at radius 2 is 1.83 bits per heavy atom. The smallest absolute Gasteiger partial charge is 0.341 e. The lowest BCUT2D eigenvalue weighted by Crippen LogP contribution is -2.44. The highest BCUT2D eigenvalue weighted by molar-refractivity contribution is 6.04. The summed E-state index contributed by atoms with van der Waals surface area (Å²) in [4.78, 5) is 38.2. The average molecular weight is 403 g/mol. The molecule has 0 amide bonds. The number of Topliss-reactive ketones (excluding diaryl/α,β-unsaturated/α-hetero) is 1. The standard InChI is InChI=1S/C19H25N5O5/c1-5-28-14(25)11-13(20)16(26)15(18(27)29-19(2,3)4)24-22-17(21-23-24)12-9-7-6-8-10-12/h6-10,13,15H,5,11,20H2,1-4H3. The first kappa shape index (κ1) is 22.2. The van der Waals surface area contributed by atoms with Crippen molar-refractivity contribution in [3.8, 4) is 11.4 Å². The summed E-state index contributed by atoms with van der Waals surface area (Å²) in [5, 5.41) is 11.9. The molecule has 2 N–H and O–H groups in total. The maximum atomic E-state index is 12.9. The number of rotatable bonds is 8. The molecule has 1 aromatic heterocycles. The average Bonchev–Trinajstić information content (AvgIpc) is 3.10. The molecule has 0 spiro atoms. The minimum atomic E-state index is -1.58. The fourth-order valence-electron chi connectivity index (χ4n) is 2.42. The van der Waals surface area contributed by atoms with Gasteiger partial charge in [-0.05, 0) is 32.9 Å². The predicted molar refractivity (Wildman–Crippen MR) is 102 cm³/mol. The normalized spacial score (nSPS) is 13.4. The van der Waals surface area contributed by atoms with Crippen molar-refractivity contribution in [2.45, 2.75) is 51.8 Å². The Bertz CT molecular complexity index is 859. The Morgan fingerprint density at radius 1 is 1.17 bits per heavy atom. The molecule has 2 atom stereocenters. The molecular formula is C19H25N5O5. The summed E-state index contributed by atoms with van der Waals surface area (Å²) in [5.74, 6) is -2.08. The van der Waals surface area contributed by atoms with Gasteiger partial charge < -0.3 is 15.2 Å². The van der Waals surface area contributed by atoms with Crippen LogP contribution in [0.5, 0.6) is 0 Å². The first-order chi connectivity index (χ1) is 13.6. The van der Waals surface area contributed by atoms with Crippen LogP contribution < -0.4 is 5.73 Å². The molecule has 0 bridgehead atoms. The molecule has 0 aliphatic rings. The van der Waals surface area contributed by atoms with Crippen molar-refractivity contribution >= 4 is 17.7 Å². The molecule has 0 saturated heterocycles. The van der Waals surface area contributed by atoms with E-state index in [1.165, 1.54) is 0 Å².